The number of methoxy groups -OCH3 is 1. The number of aromatic nitrogens is 2. The first-order chi connectivity index (χ1) is 13.0. The Labute approximate surface area is 158 Å². The molecule has 0 aliphatic carbocycles. The molecule has 138 valence electrons. The number of benzene rings is 2. The maximum atomic E-state index is 12.1. The fraction of sp³-hybridized carbons (Fsp3) is 0.150. The third-order valence-electron chi connectivity index (χ3n) is 4.29. The first kappa shape index (κ1) is 18.2. The van der Waals surface area contributed by atoms with Crippen LogP contribution in [0.25, 0.3) is 0 Å². The average molecular weight is 363 g/mol. The molecule has 0 spiro atoms. The predicted molar refractivity (Wildman–Crippen MR) is 107 cm³/mol. The number of nitrogen functional groups attached to an aromatic ring is 1. The van der Waals surface area contributed by atoms with Gasteiger partial charge in [-0.1, -0.05) is 30.3 Å². The zero-order chi connectivity index (χ0) is 19.4. The van der Waals surface area contributed by atoms with Crippen LogP contribution in [-0.4, -0.2) is 37.1 Å². The maximum absolute atomic E-state index is 12.1. The zero-order valence-electron chi connectivity index (χ0n) is 15.5. The van der Waals surface area contributed by atoms with E-state index >= 15 is 0 Å². The first-order valence-corrected chi connectivity index (χ1v) is 8.35. The zero-order valence-corrected chi connectivity index (χ0v) is 15.5. The molecule has 1 aromatic heterocycles. The summed E-state index contributed by atoms with van der Waals surface area (Å²) in [4.78, 5) is 24.4. The summed E-state index contributed by atoms with van der Waals surface area (Å²) in [6.45, 7) is 0. The van der Waals surface area contributed by atoms with Crippen LogP contribution in [0.15, 0.2) is 60.9 Å². The van der Waals surface area contributed by atoms with E-state index in [9.17, 15) is 4.79 Å². The molecule has 0 aliphatic heterocycles. The van der Waals surface area contributed by atoms with Gasteiger partial charge in [-0.15, -0.1) is 0 Å². The van der Waals surface area contributed by atoms with E-state index in [-0.39, 0.29) is 0 Å². The van der Waals surface area contributed by atoms with Crippen molar-refractivity contribution < 1.29 is 9.53 Å². The van der Waals surface area contributed by atoms with Crippen LogP contribution in [0.5, 0.6) is 0 Å². The van der Waals surface area contributed by atoms with Crippen molar-refractivity contribution in [3.63, 3.8) is 0 Å². The molecular weight excluding hydrogens is 342 g/mol. The SMILES string of the molecule is COC(=O)c1ccccc1N(C)c1ncnc(N(C)c2ccccc2)c1N. The van der Waals surface area contributed by atoms with Gasteiger partial charge in [-0.2, -0.15) is 0 Å². The molecular formula is C20H21N5O2. The molecule has 0 atom stereocenters. The van der Waals surface area contributed by atoms with Gasteiger partial charge in [0.05, 0.1) is 18.4 Å². The monoisotopic (exact) mass is 363 g/mol. The van der Waals surface area contributed by atoms with Gasteiger partial charge in [-0.25, -0.2) is 14.8 Å². The summed E-state index contributed by atoms with van der Waals surface area (Å²) in [5.74, 6) is 0.652. The fourth-order valence-corrected chi connectivity index (χ4v) is 2.85. The molecule has 0 saturated heterocycles. The van der Waals surface area contributed by atoms with Crippen LogP contribution in [0.1, 0.15) is 10.4 Å². The Hall–Kier alpha value is -3.61. The van der Waals surface area contributed by atoms with Crippen molar-refractivity contribution in [1.29, 1.82) is 0 Å². The molecule has 7 heteroatoms. The number of hydrogen-bond acceptors (Lipinski definition) is 7. The number of anilines is 5. The predicted octanol–water partition coefficient (Wildman–Crippen LogP) is 3.38. The van der Waals surface area contributed by atoms with Gasteiger partial charge in [0.2, 0.25) is 0 Å². The van der Waals surface area contributed by atoms with Crippen LogP contribution >= 0.6 is 0 Å². The van der Waals surface area contributed by atoms with Crippen LogP contribution in [-0.2, 0) is 4.74 Å². The molecule has 2 aromatic carbocycles. The summed E-state index contributed by atoms with van der Waals surface area (Å²) in [5, 5.41) is 0. The molecule has 3 aromatic rings. The number of hydrogen-bond donors (Lipinski definition) is 1. The molecule has 0 fully saturated rings. The van der Waals surface area contributed by atoms with Gasteiger partial charge in [-0.3, -0.25) is 0 Å². The molecule has 1 heterocycles. The van der Waals surface area contributed by atoms with E-state index in [1.54, 1.807) is 24.1 Å². The van der Waals surface area contributed by atoms with Crippen molar-refractivity contribution in [2.45, 2.75) is 0 Å². The van der Waals surface area contributed by atoms with E-state index < -0.39 is 5.97 Å². The number of nitrogens with zero attached hydrogens (tertiary/aromatic N) is 4. The lowest BCUT2D eigenvalue weighted by molar-refractivity contribution is 0.0601. The van der Waals surface area contributed by atoms with E-state index in [0.29, 0.717) is 28.6 Å². The van der Waals surface area contributed by atoms with Gasteiger partial charge in [0.15, 0.2) is 11.6 Å². The van der Waals surface area contributed by atoms with E-state index in [1.807, 2.05) is 54.4 Å². The summed E-state index contributed by atoms with van der Waals surface area (Å²) in [6.07, 6.45) is 1.46. The van der Waals surface area contributed by atoms with E-state index in [1.165, 1.54) is 13.4 Å². The normalized spacial score (nSPS) is 10.3. The minimum absolute atomic E-state index is 0.408. The fourth-order valence-electron chi connectivity index (χ4n) is 2.85. The number of rotatable bonds is 5. The Kier molecular flexibility index (Phi) is 5.21. The van der Waals surface area contributed by atoms with Crippen molar-refractivity contribution >= 4 is 34.7 Å². The minimum Gasteiger partial charge on any atom is -0.465 e. The molecule has 27 heavy (non-hydrogen) atoms. The summed E-state index contributed by atoms with van der Waals surface area (Å²) < 4.78 is 4.88. The molecule has 0 amide bonds. The lowest BCUT2D eigenvalue weighted by Gasteiger charge is -2.25. The van der Waals surface area contributed by atoms with Crippen molar-refractivity contribution in [3.05, 3.63) is 66.5 Å². The van der Waals surface area contributed by atoms with Crippen LogP contribution in [0.2, 0.25) is 0 Å². The molecule has 7 nitrogen and oxygen atoms in total. The summed E-state index contributed by atoms with van der Waals surface area (Å²) in [7, 11) is 5.04. The van der Waals surface area contributed by atoms with Gasteiger partial charge in [0, 0.05) is 19.8 Å². The Morgan fingerprint density at radius 2 is 1.52 bits per heavy atom. The van der Waals surface area contributed by atoms with Crippen molar-refractivity contribution in [2.75, 3.05) is 36.7 Å². The van der Waals surface area contributed by atoms with Crippen LogP contribution in [0.3, 0.4) is 0 Å². The molecule has 3 rings (SSSR count). The van der Waals surface area contributed by atoms with Gasteiger partial charge >= 0.3 is 5.97 Å². The van der Waals surface area contributed by atoms with Gasteiger partial charge in [0.25, 0.3) is 0 Å². The van der Waals surface area contributed by atoms with Crippen LogP contribution < -0.4 is 15.5 Å². The number of carbonyl (C=O) groups is 1. The van der Waals surface area contributed by atoms with E-state index in [2.05, 4.69) is 9.97 Å². The Morgan fingerprint density at radius 1 is 0.926 bits per heavy atom. The second-order valence-electron chi connectivity index (χ2n) is 5.90. The number of ether oxygens (including phenoxy) is 1. The lowest BCUT2D eigenvalue weighted by Crippen LogP contribution is -2.20. The van der Waals surface area contributed by atoms with Gasteiger partial charge in [0.1, 0.15) is 12.0 Å². The lowest BCUT2D eigenvalue weighted by atomic mass is 10.1. The Morgan fingerprint density at radius 3 is 2.19 bits per heavy atom. The third kappa shape index (κ3) is 3.52. The summed E-state index contributed by atoms with van der Waals surface area (Å²) in [6, 6.07) is 16.9. The Bertz CT molecular complexity index is 946. The summed E-state index contributed by atoms with van der Waals surface area (Å²) in [5.41, 5.74) is 8.82. The van der Waals surface area contributed by atoms with Gasteiger partial charge < -0.3 is 20.3 Å². The largest absolute Gasteiger partial charge is 0.465 e. The van der Waals surface area contributed by atoms with Gasteiger partial charge in [-0.05, 0) is 24.3 Å². The number of nitrogens with two attached hydrogens (primary N) is 1. The first-order valence-electron chi connectivity index (χ1n) is 8.35. The Balaban J connectivity index is 2.03. The topological polar surface area (TPSA) is 84.6 Å². The van der Waals surface area contributed by atoms with E-state index in [0.717, 1.165) is 5.69 Å². The second kappa shape index (κ2) is 7.74. The highest BCUT2D eigenvalue weighted by Gasteiger charge is 2.20. The molecule has 0 radical (unpaired) electrons. The maximum Gasteiger partial charge on any atom is 0.339 e. The minimum atomic E-state index is -0.424. The number of para-hydroxylation sites is 2. The van der Waals surface area contributed by atoms with Crippen LogP contribution in [0, 0.1) is 0 Å². The van der Waals surface area contributed by atoms with E-state index in [4.69, 9.17) is 10.5 Å². The van der Waals surface area contributed by atoms with Crippen molar-refractivity contribution in [3.8, 4) is 0 Å². The molecule has 0 saturated carbocycles. The highest BCUT2D eigenvalue weighted by atomic mass is 16.5. The standard InChI is InChI=1S/C20H21N5O2/c1-24(14-9-5-4-6-10-14)18-17(21)19(23-13-22-18)25(2)16-12-8-7-11-15(16)20(26)27-3/h4-13H,21H2,1-3H3. The van der Waals surface area contributed by atoms with Crippen molar-refractivity contribution in [1.82, 2.24) is 9.97 Å². The highest BCUT2D eigenvalue weighted by molar-refractivity contribution is 5.97. The number of carbonyl (C=O) groups excluding carboxylic acids is 1. The third-order valence-corrected chi connectivity index (χ3v) is 4.29. The highest BCUT2D eigenvalue weighted by Crippen LogP contribution is 2.35. The quantitative estimate of drug-likeness (QED) is 0.696. The number of esters is 1. The second-order valence-corrected chi connectivity index (χ2v) is 5.90. The molecule has 0 aliphatic rings. The van der Waals surface area contributed by atoms with Crippen LogP contribution in [0.4, 0.5) is 28.7 Å². The molecule has 0 bridgehead atoms. The summed E-state index contributed by atoms with van der Waals surface area (Å²) >= 11 is 0. The molecule has 0 unspecified atom stereocenters. The smallest absolute Gasteiger partial charge is 0.339 e. The molecule has 2 N–H and O–H groups in total. The van der Waals surface area contributed by atoms with Crippen molar-refractivity contribution in [2.24, 2.45) is 0 Å². The average Bonchev–Trinajstić information content (AvgIpc) is 2.73.